The molecule has 8 heteroatoms. The van der Waals surface area contributed by atoms with Gasteiger partial charge in [0.05, 0.1) is 6.10 Å². The van der Waals surface area contributed by atoms with Gasteiger partial charge in [-0.2, -0.15) is 13.2 Å². The van der Waals surface area contributed by atoms with Crippen molar-refractivity contribution in [3.8, 4) is 5.75 Å². The van der Waals surface area contributed by atoms with Gasteiger partial charge in [-0.3, -0.25) is 9.89 Å². The third-order valence-electron chi connectivity index (χ3n) is 4.59. The average Bonchev–Trinajstić information content (AvgIpc) is 2.62. The number of hydrogen-bond acceptors (Lipinski definition) is 3. The Morgan fingerprint density at radius 1 is 1.11 bits per heavy atom. The minimum atomic E-state index is -4.19. The van der Waals surface area contributed by atoms with E-state index in [0.29, 0.717) is 38.7 Å². The van der Waals surface area contributed by atoms with Crippen molar-refractivity contribution in [2.45, 2.75) is 45.6 Å². The van der Waals surface area contributed by atoms with Gasteiger partial charge in [-0.1, -0.05) is 12.1 Å². The van der Waals surface area contributed by atoms with Gasteiger partial charge >= 0.3 is 6.18 Å². The Labute approximate surface area is 159 Å². The molecule has 1 fully saturated rings. The summed E-state index contributed by atoms with van der Waals surface area (Å²) in [6.07, 6.45) is -4.06. The van der Waals surface area contributed by atoms with Crippen molar-refractivity contribution >= 4 is 5.96 Å². The lowest BCUT2D eigenvalue weighted by atomic mass is 10.2. The van der Waals surface area contributed by atoms with Gasteiger partial charge in [-0.15, -0.1) is 0 Å². The van der Waals surface area contributed by atoms with Crippen LogP contribution in [0, 0.1) is 0 Å². The van der Waals surface area contributed by atoms with Crippen molar-refractivity contribution in [2.75, 3.05) is 33.2 Å². The summed E-state index contributed by atoms with van der Waals surface area (Å²) in [6, 6.07) is 6.41. The van der Waals surface area contributed by atoms with Crippen LogP contribution in [0.2, 0.25) is 0 Å². The molecular weight excluding hydrogens is 357 g/mol. The molecular formula is C19H29F3N4O. The lowest BCUT2D eigenvalue weighted by molar-refractivity contribution is -0.181. The monoisotopic (exact) mass is 386 g/mol. The molecule has 1 atom stereocenters. The highest BCUT2D eigenvalue weighted by Gasteiger charge is 2.41. The van der Waals surface area contributed by atoms with E-state index in [1.165, 1.54) is 11.8 Å². The molecule has 1 saturated heterocycles. The fourth-order valence-corrected chi connectivity index (χ4v) is 3.00. The molecule has 1 N–H and O–H groups in total. The van der Waals surface area contributed by atoms with Crippen molar-refractivity contribution in [3.63, 3.8) is 0 Å². The maximum absolute atomic E-state index is 12.9. The van der Waals surface area contributed by atoms with E-state index in [1.54, 1.807) is 7.05 Å². The van der Waals surface area contributed by atoms with Gasteiger partial charge in [-0.05, 0) is 38.5 Å². The third-order valence-corrected chi connectivity index (χ3v) is 4.59. The molecule has 0 radical (unpaired) electrons. The van der Waals surface area contributed by atoms with Crippen LogP contribution in [0.15, 0.2) is 29.3 Å². The summed E-state index contributed by atoms with van der Waals surface area (Å²) < 4.78 is 44.2. The first-order chi connectivity index (χ1) is 12.7. The van der Waals surface area contributed by atoms with Crippen molar-refractivity contribution in [2.24, 2.45) is 4.99 Å². The number of piperazine rings is 1. The number of hydrogen-bond donors (Lipinski definition) is 1. The number of rotatable bonds is 5. The van der Waals surface area contributed by atoms with Crippen LogP contribution < -0.4 is 10.1 Å². The zero-order chi connectivity index (χ0) is 20.0. The molecule has 5 nitrogen and oxygen atoms in total. The molecule has 0 bridgehead atoms. The van der Waals surface area contributed by atoms with Gasteiger partial charge in [0, 0.05) is 39.8 Å². The van der Waals surface area contributed by atoms with Crippen LogP contribution in [0.5, 0.6) is 5.75 Å². The van der Waals surface area contributed by atoms with E-state index in [0.717, 1.165) is 11.3 Å². The Hall–Kier alpha value is -1.96. The second-order valence-corrected chi connectivity index (χ2v) is 6.95. The zero-order valence-electron chi connectivity index (χ0n) is 16.4. The number of nitrogens with one attached hydrogen (secondary N) is 1. The van der Waals surface area contributed by atoms with Crippen LogP contribution in [0.3, 0.4) is 0 Å². The van der Waals surface area contributed by atoms with Crippen molar-refractivity contribution < 1.29 is 17.9 Å². The van der Waals surface area contributed by atoms with Gasteiger partial charge in [-0.25, -0.2) is 0 Å². The second-order valence-electron chi connectivity index (χ2n) is 6.95. The number of alkyl halides is 3. The minimum absolute atomic E-state index is 0.131. The summed E-state index contributed by atoms with van der Waals surface area (Å²) in [7, 11) is 1.69. The quantitative estimate of drug-likeness (QED) is 0.624. The van der Waals surface area contributed by atoms with E-state index in [9.17, 15) is 13.2 Å². The Morgan fingerprint density at radius 3 is 2.19 bits per heavy atom. The van der Waals surface area contributed by atoms with Gasteiger partial charge in [0.2, 0.25) is 0 Å². The SMILES string of the molecule is CN=C(NCc1ccc(OC(C)C)cc1)N1CCN(C(C)C(F)(F)F)CC1. The van der Waals surface area contributed by atoms with Crippen LogP contribution in [0.4, 0.5) is 13.2 Å². The van der Waals surface area contributed by atoms with Crippen molar-refractivity contribution in [3.05, 3.63) is 29.8 Å². The van der Waals surface area contributed by atoms with Gasteiger partial charge in [0.15, 0.2) is 5.96 Å². The standard InChI is InChI=1S/C19H29F3N4O/c1-14(2)27-17-7-5-16(6-8-17)13-24-18(23-4)26-11-9-25(10-12-26)15(3)19(20,21)22/h5-8,14-15H,9-13H2,1-4H3,(H,23,24). The highest BCUT2D eigenvalue weighted by Crippen LogP contribution is 2.25. The summed E-state index contributed by atoms with van der Waals surface area (Å²) in [5.74, 6) is 1.53. The van der Waals surface area contributed by atoms with E-state index in [2.05, 4.69) is 10.3 Å². The summed E-state index contributed by atoms with van der Waals surface area (Å²) in [5, 5.41) is 3.28. The summed E-state index contributed by atoms with van der Waals surface area (Å²) >= 11 is 0. The lowest BCUT2D eigenvalue weighted by Gasteiger charge is -2.39. The minimum Gasteiger partial charge on any atom is -0.491 e. The molecule has 152 valence electrons. The van der Waals surface area contributed by atoms with Gasteiger partial charge < -0.3 is 15.0 Å². The molecule has 1 heterocycles. The highest BCUT2D eigenvalue weighted by atomic mass is 19.4. The third kappa shape index (κ3) is 6.30. The molecule has 2 rings (SSSR count). The van der Waals surface area contributed by atoms with E-state index in [-0.39, 0.29) is 6.10 Å². The Balaban J connectivity index is 1.84. The van der Waals surface area contributed by atoms with Crippen molar-refractivity contribution in [1.29, 1.82) is 0 Å². The first-order valence-corrected chi connectivity index (χ1v) is 9.22. The fourth-order valence-electron chi connectivity index (χ4n) is 3.00. The van der Waals surface area contributed by atoms with Crippen LogP contribution in [-0.4, -0.2) is 67.3 Å². The second kappa shape index (κ2) is 9.30. The number of benzene rings is 1. The Morgan fingerprint density at radius 2 is 1.70 bits per heavy atom. The van der Waals surface area contributed by atoms with Crippen LogP contribution in [0.1, 0.15) is 26.3 Å². The first kappa shape index (κ1) is 21.3. The summed E-state index contributed by atoms with van der Waals surface area (Å²) in [6.45, 7) is 7.53. The van der Waals surface area contributed by atoms with E-state index < -0.39 is 12.2 Å². The van der Waals surface area contributed by atoms with Crippen molar-refractivity contribution in [1.82, 2.24) is 15.1 Å². The summed E-state index contributed by atoms with van der Waals surface area (Å²) in [4.78, 5) is 7.73. The smallest absolute Gasteiger partial charge is 0.403 e. The largest absolute Gasteiger partial charge is 0.491 e. The van der Waals surface area contributed by atoms with Crippen LogP contribution >= 0.6 is 0 Å². The first-order valence-electron chi connectivity index (χ1n) is 9.22. The number of halogens is 3. The maximum Gasteiger partial charge on any atom is 0.403 e. The molecule has 27 heavy (non-hydrogen) atoms. The van der Waals surface area contributed by atoms with E-state index in [4.69, 9.17) is 4.74 Å². The molecule has 0 amide bonds. The molecule has 1 aliphatic rings. The highest BCUT2D eigenvalue weighted by molar-refractivity contribution is 5.80. The predicted molar refractivity (Wildman–Crippen MR) is 101 cm³/mol. The number of guanidine groups is 1. The lowest BCUT2D eigenvalue weighted by Crippen LogP contribution is -2.56. The Kier molecular flexibility index (Phi) is 7.35. The molecule has 1 aromatic carbocycles. The number of ether oxygens (including phenoxy) is 1. The van der Waals surface area contributed by atoms with Gasteiger partial charge in [0.1, 0.15) is 11.8 Å². The predicted octanol–water partition coefficient (Wildman–Crippen LogP) is 3.12. The molecule has 0 saturated carbocycles. The molecule has 0 spiro atoms. The molecule has 1 aliphatic heterocycles. The number of aliphatic imine (C=N–C) groups is 1. The van der Waals surface area contributed by atoms with Gasteiger partial charge in [0.25, 0.3) is 0 Å². The number of nitrogens with zero attached hydrogens (tertiary/aromatic N) is 3. The average molecular weight is 386 g/mol. The fraction of sp³-hybridized carbons (Fsp3) is 0.632. The summed E-state index contributed by atoms with van der Waals surface area (Å²) in [5.41, 5.74) is 1.08. The molecule has 0 aromatic heterocycles. The Bertz CT molecular complexity index is 608. The van der Waals surface area contributed by atoms with E-state index >= 15 is 0 Å². The van der Waals surface area contributed by atoms with Crippen LogP contribution in [-0.2, 0) is 6.54 Å². The maximum atomic E-state index is 12.9. The molecule has 1 aromatic rings. The normalized spacial score (nSPS) is 17.9. The molecule has 0 aliphatic carbocycles. The zero-order valence-corrected chi connectivity index (χ0v) is 16.4. The van der Waals surface area contributed by atoms with Crippen LogP contribution in [0.25, 0.3) is 0 Å². The van der Waals surface area contributed by atoms with E-state index in [1.807, 2.05) is 43.0 Å². The topological polar surface area (TPSA) is 40.1 Å². The molecule has 1 unspecified atom stereocenters.